The van der Waals surface area contributed by atoms with Crippen LogP contribution < -0.4 is 5.32 Å². The highest BCUT2D eigenvalue weighted by atomic mass is 16.4. The third-order valence-electron chi connectivity index (χ3n) is 4.87. The number of rotatable bonds is 3. The van der Waals surface area contributed by atoms with Crippen LogP contribution in [0.3, 0.4) is 0 Å². The smallest absolute Gasteiger partial charge is 0.307 e. The zero-order chi connectivity index (χ0) is 15.6. The summed E-state index contributed by atoms with van der Waals surface area (Å²) in [5.74, 6) is -0.465. The van der Waals surface area contributed by atoms with Gasteiger partial charge in [0.1, 0.15) is 6.07 Å². The summed E-state index contributed by atoms with van der Waals surface area (Å²) in [6.07, 6.45) is 4.38. The Morgan fingerprint density at radius 1 is 1.43 bits per heavy atom. The summed E-state index contributed by atoms with van der Waals surface area (Å²) in [5, 5.41) is 21.7. The summed E-state index contributed by atoms with van der Waals surface area (Å²) in [5.41, 5.74) is -0.0561. The topological polar surface area (TPSA) is 98.9 Å². The lowest BCUT2D eigenvalue weighted by Crippen LogP contribution is -2.48. The van der Waals surface area contributed by atoms with Gasteiger partial charge in [0.15, 0.2) is 11.5 Å². The number of carboxylic acid groups (broad SMARTS) is 1. The molecule has 21 heavy (non-hydrogen) atoms. The van der Waals surface area contributed by atoms with Gasteiger partial charge in [-0.25, -0.2) is 9.97 Å². The summed E-state index contributed by atoms with van der Waals surface area (Å²) in [6.45, 7) is 6.04. The lowest BCUT2D eigenvalue weighted by atomic mass is 9.61. The zero-order valence-corrected chi connectivity index (χ0v) is 12.5. The molecule has 0 bridgehead atoms. The first-order chi connectivity index (χ1) is 9.87. The Labute approximate surface area is 124 Å². The van der Waals surface area contributed by atoms with E-state index in [2.05, 4.69) is 22.2 Å². The van der Waals surface area contributed by atoms with E-state index in [1.165, 1.54) is 6.20 Å². The first-order valence-corrected chi connectivity index (χ1v) is 7.08. The first-order valence-electron chi connectivity index (χ1n) is 7.08. The van der Waals surface area contributed by atoms with E-state index in [0.29, 0.717) is 12.2 Å². The molecule has 2 rings (SSSR count). The van der Waals surface area contributed by atoms with Crippen molar-refractivity contribution in [2.24, 2.45) is 17.3 Å². The van der Waals surface area contributed by atoms with Gasteiger partial charge < -0.3 is 10.4 Å². The van der Waals surface area contributed by atoms with Crippen molar-refractivity contribution in [2.45, 2.75) is 39.7 Å². The van der Waals surface area contributed by atoms with Crippen molar-refractivity contribution < 1.29 is 9.90 Å². The molecule has 0 radical (unpaired) electrons. The highest BCUT2D eigenvalue weighted by Gasteiger charge is 2.46. The summed E-state index contributed by atoms with van der Waals surface area (Å²) < 4.78 is 0. The van der Waals surface area contributed by atoms with Gasteiger partial charge in [-0.2, -0.15) is 5.26 Å². The van der Waals surface area contributed by atoms with E-state index in [1.54, 1.807) is 6.20 Å². The van der Waals surface area contributed by atoms with Crippen molar-refractivity contribution in [3.63, 3.8) is 0 Å². The SMILES string of the molecule is CC1C(Nc2nccnc2C#N)CCC(C(=O)O)C1(C)C. The fourth-order valence-corrected chi connectivity index (χ4v) is 3.14. The van der Waals surface area contributed by atoms with Gasteiger partial charge >= 0.3 is 5.97 Å². The third-order valence-corrected chi connectivity index (χ3v) is 4.87. The summed E-state index contributed by atoms with van der Waals surface area (Å²) >= 11 is 0. The van der Waals surface area contributed by atoms with E-state index in [9.17, 15) is 9.90 Å². The molecule has 112 valence electrons. The molecule has 3 atom stereocenters. The average Bonchev–Trinajstić information content (AvgIpc) is 2.44. The second-order valence-corrected chi connectivity index (χ2v) is 6.19. The van der Waals surface area contributed by atoms with Gasteiger partial charge in [0.2, 0.25) is 0 Å². The number of anilines is 1. The summed E-state index contributed by atoms with van der Waals surface area (Å²) in [6, 6.07) is 2.10. The van der Waals surface area contributed by atoms with Gasteiger partial charge in [-0.3, -0.25) is 4.79 Å². The lowest BCUT2D eigenvalue weighted by molar-refractivity contribution is -0.149. The van der Waals surface area contributed by atoms with E-state index in [4.69, 9.17) is 5.26 Å². The largest absolute Gasteiger partial charge is 0.481 e. The molecule has 1 aromatic rings. The second kappa shape index (κ2) is 5.68. The number of aliphatic carboxylic acids is 1. The van der Waals surface area contributed by atoms with Gasteiger partial charge in [-0.05, 0) is 24.2 Å². The Balaban J connectivity index is 2.20. The van der Waals surface area contributed by atoms with Crippen molar-refractivity contribution in [1.29, 1.82) is 5.26 Å². The maximum absolute atomic E-state index is 11.4. The van der Waals surface area contributed by atoms with Gasteiger partial charge in [0.25, 0.3) is 0 Å². The fraction of sp³-hybridized carbons (Fsp3) is 0.600. The van der Waals surface area contributed by atoms with Gasteiger partial charge in [0, 0.05) is 18.4 Å². The van der Waals surface area contributed by atoms with Crippen LogP contribution in [0.1, 0.15) is 39.3 Å². The number of nitrogens with one attached hydrogen (secondary N) is 1. The van der Waals surface area contributed by atoms with E-state index < -0.39 is 5.97 Å². The molecule has 1 saturated carbocycles. The van der Waals surface area contributed by atoms with Crippen molar-refractivity contribution in [2.75, 3.05) is 5.32 Å². The molecule has 0 spiro atoms. The molecule has 1 aromatic heterocycles. The molecule has 1 aliphatic rings. The van der Waals surface area contributed by atoms with Gasteiger partial charge in [-0.1, -0.05) is 20.8 Å². The second-order valence-electron chi connectivity index (χ2n) is 6.19. The van der Waals surface area contributed by atoms with Crippen LogP contribution in [0.2, 0.25) is 0 Å². The standard InChI is InChI=1S/C15H20N4O2/c1-9-11(5-4-10(14(20)21)15(9,2)3)19-13-12(8-16)17-6-7-18-13/h6-7,9-11H,4-5H2,1-3H3,(H,18,19)(H,20,21). The normalized spacial score (nSPS) is 27.6. The molecule has 0 saturated heterocycles. The van der Waals surface area contributed by atoms with Crippen LogP contribution in [0.4, 0.5) is 5.82 Å². The van der Waals surface area contributed by atoms with Gasteiger partial charge in [-0.15, -0.1) is 0 Å². The van der Waals surface area contributed by atoms with Crippen LogP contribution in [-0.4, -0.2) is 27.1 Å². The van der Waals surface area contributed by atoms with E-state index in [1.807, 2.05) is 19.9 Å². The molecule has 1 fully saturated rings. The molecular weight excluding hydrogens is 268 g/mol. The third kappa shape index (κ3) is 2.82. The van der Waals surface area contributed by atoms with Crippen molar-refractivity contribution in [3.8, 4) is 6.07 Å². The summed E-state index contributed by atoms with van der Waals surface area (Å²) in [4.78, 5) is 19.5. The molecular formula is C15H20N4O2. The van der Waals surface area contributed by atoms with Gasteiger partial charge in [0.05, 0.1) is 5.92 Å². The predicted molar refractivity (Wildman–Crippen MR) is 77.5 cm³/mol. The minimum absolute atomic E-state index is 0.0828. The lowest BCUT2D eigenvalue weighted by Gasteiger charge is -2.46. The highest BCUT2D eigenvalue weighted by Crippen LogP contribution is 2.45. The zero-order valence-electron chi connectivity index (χ0n) is 12.5. The molecule has 2 N–H and O–H groups in total. The minimum atomic E-state index is -0.734. The number of carbonyl (C=O) groups is 1. The fourth-order valence-electron chi connectivity index (χ4n) is 3.14. The summed E-state index contributed by atoms with van der Waals surface area (Å²) in [7, 11) is 0. The number of carboxylic acids is 1. The number of nitriles is 1. The van der Waals surface area contributed by atoms with E-state index in [-0.39, 0.29) is 29.0 Å². The maximum atomic E-state index is 11.4. The number of hydrogen-bond acceptors (Lipinski definition) is 5. The molecule has 0 aromatic carbocycles. The Morgan fingerprint density at radius 3 is 2.71 bits per heavy atom. The van der Waals surface area contributed by atoms with Crippen molar-refractivity contribution in [1.82, 2.24) is 9.97 Å². The number of hydrogen-bond donors (Lipinski definition) is 2. The van der Waals surface area contributed by atoms with Crippen LogP contribution in [-0.2, 0) is 4.79 Å². The first kappa shape index (κ1) is 15.2. The molecule has 0 amide bonds. The van der Waals surface area contributed by atoms with Crippen LogP contribution in [0.5, 0.6) is 0 Å². The molecule has 3 unspecified atom stereocenters. The Hall–Kier alpha value is -2.16. The van der Waals surface area contributed by atoms with Crippen LogP contribution in [0.15, 0.2) is 12.4 Å². The Kier molecular flexibility index (Phi) is 4.12. The maximum Gasteiger partial charge on any atom is 0.307 e. The van der Waals surface area contributed by atoms with Crippen molar-refractivity contribution >= 4 is 11.8 Å². The Morgan fingerprint density at radius 2 is 2.10 bits per heavy atom. The average molecular weight is 288 g/mol. The molecule has 1 heterocycles. The van der Waals surface area contributed by atoms with Crippen LogP contribution >= 0.6 is 0 Å². The number of aromatic nitrogens is 2. The minimum Gasteiger partial charge on any atom is -0.481 e. The van der Waals surface area contributed by atoms with Crippen LogP contribution in [0, 0.1) is 28.6 Å². The molecule has 6 nitrogen and oxygen atoms in total. The Bertz CT molecular complexity index is 579. The quantitative estimate of drug-likeness (QED) is 0.885. The molecule has 0 aliphatic heterocycles. The predicted octanol–water partition coefficient (Wildman–Crippen LogP) is 2.29. The van der Waals surface area contributed by atoms with E-state index in [0.717, 1.165) is 6.42 Å². The van der Waals surface area contributed by atoms with Crippen LogP contribution in [0.25, 0.3) is 0 Å². The van der Waals surface area contributed by atoms with E-state index >= 15 is 0 Å². The molecule has 1 aliphatic carbocycles. The monoisotopic (exact) mass is 288 g/mol. The molecule has 6 heteroatoms. The highest BCUT2D eigenvalue weighted by molar-refractivity contribution is 5.71. The van der Waals surface area contributed by atoms with Crippen molar-refractivity contribution in [3.05, 3.63) is 18.1 Å². The number of nitrogens with zero attached hydrogens (tertiary/aromatic N) is 3.